The fourth-order valence-corrected chi connectivity index (χ4v) is 3.39. The van der Waals surface area contributed by atoms with Crippen molar-refractivity contribution in [3.8, 4) is 0 Å². The number of rotatable bonds is 3. The van der Waals surface area contributed by atoms with E-state index in [0.29, 0.717) is 5.56 Å². The van der Waals surface area contributed by atoms with Gasteiger partial charge in [0.1, 0.15) is 0 Å². The largest absolute Gasteiger partial charge is 0.384 e. The summed E-state index contributed by atoms with van der Waals surface area (Å²) in [7, 11) is 0. The minimum absolute atomic E-state index is 0.283. The van der Waals surface area contributed by atoms with Gasteiger partial charge in [-0.1, -0.05) is 24.3 Å². The van der Waals surface area contributed by atoms with E-state index in [0.717, 1.165) is 39.1 Å². The average molecular weight is 323 g/mol. The summed E-state index contributed by atoms with van der Waals surface area (Å²) in [5, 5.41) is 5.20. The molecular formula is C19H21N3O2. The van der Waals surface area contributed by atoms with E-state index in [1.807, 2.05) is 18.2 Å². The van der Waals surface area contributed by atoms with Crippen LogP contribution in [0.3, 0.4) is 0 Å². The van der Waals surface area contributed by atoms with E-state index in [4.69, 9.17) is 4.84 Å². The van der Waals surface area contributed by atoms with Gasteiger partial charge in [0.25, 0.3) is 0 Å². The number of anilines is 2. The van der Waals surface area contributed by atoms with E-state index >= 15 is 0 Å². The maximum absolute atomic E-state index is 12.1. The van der Waals surface area contributed by atoms with Gasteiger partial charge in [-0.3, -0.25) is 0 Å². The highest BCUT2D eigenvalue weighted by molar-refractivity contribution is 5.89. The molecule has 1 fully saturated rings. The predicted octanol–water partition coefficient (Wildman–Crippen LogP) is 2.55. The van der Waals surface area contributed by atoms with E-state index in [1.54, 1.807) is 17.2 Å². The number of fused-ring (bicyclic) bond motifs is 1. The van der Waals surface area contributed by atoms with E-state index in [1.165, 1.54) is 16.9 Å². The summed E-state index contributed by atoms with van der Waals surface area (Å²) in [6, 6.07) is 15.6. The van der Waals surface area contributed by atoms with Gasteiger partial charge in [-0.25, -0.2) is 4.79 Å². The molecule has 0 aromatic heterocycles. The fraction of sp³-hybridized carbons (Fsp3) is 0.316. The summed E-state index contributed by atoms with van der Waals surface area (Å²) < 4.78 is 0. The van der Waals surface area contributed by atoms with E-state index < -0.39 is 0 Å². The third kappa shape index (κ3) is 2.95. The number of nitrogens with zero attached hydrogens (tertiary/aromatic N) is 2. The smallest absolute Gasteiger partial charge is 0.357 e. The second-order valence-corrected chi connectivity index (χ2v) is 6.14. The Morgan fingerprint density at radius 1 is 0.958 bits per heavy atom. The maximum Gasteiger partial charge on any atom is 0.357 e. The first-order valence-electron chi connectivity index (χ1n) is 8.44. The van der Waals surface area contributed by atoms with Crippen LogP contribution in [0.2, 0.25) is 0 Å². The monoisotopic (exact) mass is 323 g/mol. The summed E-state index contributed by atoms with van der Waals surface area (Å²) in [4.78, 5) is 20.0. The number of benzene rings is 2. The third-order valence-corrected chi connectivity index (χ3v) is 4.64. The summed E-state index contributed by atoms with van der Waals surface area (Å²) in [6.45, 7) is 4.17. The van der Waals surface area contributed by atoms with Crippen LogP contribution in [0.15, 0.2) is 48.5 Å². The Kier molecular flexibility index (Phi) is 4.09. The lowest BCUT2D eigenvalue weighted by Crippen LogP contribution is -2.47. The van der Waals surface area contributed by atoms with Crippen molar-refractivity contribution in [2.75, 3.05) is 42.9 Å². The molecule has 2 aromatic carbocycles. The minimum Gasteiger partial charge on any atom is -0.384 e. The molecule has 0 saturated carbocycles. The van der Waals surface area contributed by atoms with Crippen molar-refractivity contribution in [1.82, 2.24) is 5.06 Å². The zero-order valence-corrected chi connectivity index (χ0v) is 13.6. The highest BCUT2D eigenvalue weighted by Gasteiger charge is 2.24. The Morgan fingerprint density at radius 3 is 2.54 bits per heavy atom. The topological polar surface area (TPSA) is 44.8 Å². The lowest BCUT2D eigenvalue weighted by molar-refractivity contribution is -0.112. The first-order valence-corrected chi connectivity index (χ1v) is 8.44. The first-order chi connectivity index (χ1) is 11.8. The second-order valence-electron chi connectivity index (χ2n) is 6.14. The van der Waals surface area contributed by atoms with Gasteiger partial charge in [0.15, 0.2) is 0 Å². The van der Waals surface area contributed by atoms with Gasteiger partial charge in [-0.05, 0) is 30.7 Å². The van der Waals surface area contributed by atoms with Crippen LogP contribution in [0.1, 0.15) is 15.9 Å². The Hall–Kier alpha value is -2.53. The van der Waals surface area contributed by atoms with Crippen LogP contribution >= 0.6 is 0 Å². The van der Waals surface area contributed by atoms with Gasteiger partial charge < -0.3 is 15.1 Å². The van der Waals surface area contributed by atoms with Crippen LogP contribution < -0.4 is 10.2 Å². The van der Waals surface area contributed by atoms with Crippen LogP contribution in [0.5, 0.6) is 0 Å². The van der Waals surface area contributed by atoms with Gasteiger partial charge in [-0.2, -0.15) is 0 Å². The molecule has 2 aliphatic heterocycles. The quantitative estimate of drug-likeness (QED) is 0.940. The van der Waals surface area contributed by atoms with Crippen molar-refractivity contribution in [3.63, 3.8) is 0 Å². The highest BCUT2D eigenvalue weighted by Crippen LogP contribution is 2.32. The first kappa shape index (κ1) is 15.0. The van der Waals surface area contributed by atoms with Crippen molar-refractivity contribution >= 4 is 17.3 Å². The van der Waals surface area contributed by atoms with Crippen LogP contribution in [0.4, 0.5) is 11.4 Å². The molecule has 0 atom stereocenters. The zero-order valence-electron chi connectivity index (χ0n) is 13.6. The van der Waals surface area contributed by atoms with Crippen LogP contribution in [0.25, 0.3) is 0 Å². The third-order valence-electron chi connectivity index (χ3n) is 4.64. The normalized spacial score (nSPS) is 17.2. The number of carbonyl (C=O) groups excluding carboxylic acids is 1. The molecule has 0 spiro atoms. The number of hydrogen-bond acceptors (Lipinski definition) is 5. The van der Waals surface area contributed by atoms with Gasteiger partial charge in [0.2, 0.25) is 0 Å². The lowest BCUT2D eigenvalue weighted by atomic mass is 10.1. The molecule has 4 rings (SSSR count). The molecule has 5 heteroatoms. The Balaban J connectivity index is 1.37. The zero-order chi connectivity index (χ0) is 16.4. The fourth-order valence-electron chi connectivity index (χ4n) is 3.39. The van der Waals surface area contributed by atoms with Crippen LogP contribution in [0, 0.1) is 0 Å². The Bertz CT molecular complexity index is 725. The molecule has 24 heavy (non-hydrogen) atoms. The summed E-state index contributed by atoms with van der Waals surface area (Å²) in [6.07, 6.45) is 1.08. The van der Waals surface area contributed by atoms with Crippen molar-refractivity contribution in [3.05, 3.63) is 59.7 Å². The van der Waals surface area contributed by atoms with Gasteiger partial charge >= 0.3 is 5.97 Å². The van der Waals surface area contributed by atoms with Crippen LogP contribution in [-0.2, 0) is 11.3 Å². The standard InChI is InChI=1S/C19H21N3O2/c23-19(15-5-2-1-3-6-15)24-22-13-11-21(12-14-22)18-8-4-7-17-16(18)9-10-20-17/h1-8,20H,9-14H2. The predicted molar refractivity (Wildman–Crippen MR) is 94.3 cm³/mol. The Labute approximate surface area is 141 Å². The van der Waals surface area contributed by atoms with E-state index in [9.17, 15) is 4.79 Å². The number of carbonyl (C=O) groups is 1. The minimum atomic E-state index is -0.283. The molecule has 0 aliphatic carbocycles. The number of nitrogens with one attached hydrogen (secondary N) is 1. The number of piperazine rings is 1. The maximum atomic E-state index is 12.1. The summed E-state index contributed by atoms with van der Waals surface area (Å²) in [5.74, 6) is -0.283. The van der Waals surface area contributed by atoms with Crippen LogP contribution in [-0.4, -0.2) is 43.8 Å². The SMILES string of the molecule is O=C(ON1CCN(c2cccc3c2CCN3)CC1)c1ccccc1. The molecule has 2 aliphatic rings. The average Bonchev–Trinajstić information content (AvgIpc) is 3.12. The molecule has 124 valence electrons. The summed E-state index contributed by atoms with van der Waals surface area (Å²) in [5.41, 5.74) is 4.57. The summed E-state index contributed by atoms with van der Waals surface area (Å²) >= 11 is 0. The number of hydroxylamine groups is 2. The molecule has 0 unspecified atom stereocenters. The number of hydrogen-bond donors (Lipinski definition) is 1. The second kappa shape index (κ2) is 6.53. The van der Waals surface area contributed by atoms with Crippen molar-refractivity contribution in [2.24, 2.45) is 0 Å². The van der Waals surface area contributed by atoms with Crippen molar-refractivity contribution in [1.29, 1.82) is 0 Å². The molecule has 0 bridgehead atoms. The van der Waals surface area contributed by atoms with Gasteiger partial charge in [-0.15, -0.1) is 5.06 Å². The molecule has 1 N–H and O–H groups in total. The molecule has 0 amide bonds. The highest BCUT2D eigenvalue weighted by atomic mass is 16.7. The molecule has 2 aromatic rings. The van der Waals surface area contributed by atoms with Crippen molar-refractivity contribution in [2.45, 2.75) is 6.42 Å². The molecule has 0 radical (unpaired) electrons. The molecule has 5 nitrogen and oxygen atoms in total. The lowest BCUT2D eigenvalue weighted by Gasteiger charge is -2.35. The Morgan fingerprint density at radius 2 is 1.75 bits per heavy atom. The molecule has 2 heterocycles. The van der Waals surface area contributed by atoms with Crippen molar-refractivity contribution < 1.29 is 9.63 Å². The van der Waals surface area contributed by atoms with E-state index in [-0.39, 0.29) is 5.97 Å². The van der Waals surface area contributed by atoms with Gasteiger partial charge in [0, 0.05) is 36.6 Å². The molecular weight excluding hydrogens is 302 g/mol. The van der Waals surface area contributed by atoms with E-state index in [2.05, 4.69) is 28.4 Å². The molecule has 1 saturated heterocycles. The van der Waals surface area contributed by atoms with Gasteiger partial charge in [0.05, 0.1) is 18.7 Å².